The van der Waals surface area contributed by atoms with Gasteiger partial charge in [0, 0.05) is 23.0 Å². The first kappa shape index (κ1) is 13.2. The molecule has 0 aliphatic carbocycles. The lowest BCUT2D eigenvalue weighted by atomic mass is 10.0. The molecule has 0 saturated carbocycles. The van der Waals surface area contributed by atoms with Gasteiger partial charge < -0.3 is 5.32 Å². The predicted molar refractivity (Wildman–Crippen MR) is 67.8 cm³/mol. The molecule has 0 amide bonds. The Morgan fingerprint density at radius 3 is 2.37 bits per heavy atom. The minimum Gasteiger partial charge on any atom is -0.384 e. The molecule has 2 rings (SSSR count). The Labute approximate surface area is 108 Å². The Kier molecular flexibility index (Phi) is 3.61. The SMILES string of the molecule is N#Cc1ccc(NCCC(F)(F)F)c2ccccc12. The van der Waals surface area contributed by atoms with Gasteiger partial charge in [-0.25, -0.2) is 0 Å². The van der Waals surface area contributed by atoms with Crippen molar-refractivity contribution in [2.24, 2.45) is 0 Å². The number of nitrogens with one attached hydrogen (secondary N) is 1. The van der Waals surface area contributed by atoms with Crippen molar-refractivity contribution < 1.29 is 13.2 Å². The molecule has 19 heavy (non-hydrogen) atoms. The molecule has 0 bridgehead atoms. The molecule has 1 N–H and O–H groups in total. The average Bonchev–Trinajstić information content (AvgIpc) is 2.37. The van der Waals surface area contributed by atoms with E-state index in [0.29, 0.717) is 11.3 Å². The summed E-state index contributed by atoms with van der Waals surface area (Å²) in [5, 5.41) is 13.2. The summed E-state index contributed by atoms with van der Waals surface area (Å²) in [6.07, 6.45) is -5.06. The third-order valence-corrected chi connectivity index (χ3v) is 2.77. The van der Waals surface area contributed by atoms with Gasteiger partial charge in [-0.3, -0.25) is 0 Å². The largest absolute Gasteiger partial charge is 0.390 e. The summed E-state index contributed by atoms with van der Waals surface area (Å²) < 4.78 is 36.3. The van der Waals surface area contributed by atoms with Gasteiger partial charge >= 0.3 is 6.18 Å². The summed E-state index contributed by atoms with van der Waals surface area (Å²) in [6, 6.07) is 12.5. The van der Waals surface area contributed by atoms with Crippen molar-refractivity contribution in [3.05, 3.63) is 42.0 Å². The first-order valence-electron chi connectivity index (χ1n) is 5.74. The highest BCUT2D eigenvalue weighted by Crippen LogP contribution is 2.27. The van der Waals surface area contributed by atoms with E-state index in [1.165, 1.54) is 0 Å². The zero-order chi connectivity index (χ0) is 13.9. The number of anilines is 1. The fourth-order valence-electron chi connectivity index (χ4n) is 1.89. The van der Waals surface area contributed by atoms with Gasteiger partial charge in [0.2, 0.25) is 0 Å². The van der Waals surface area contributed by atoms with E-state index in [2.05, 4.69) is 11.4 Å². The topological polar surface area (TPSA) is 35.8 Å². The number of halogens is 3. The van der Waals surface area contributed by atoms with Crippen LogP contribution in [-0.2, 0) is 0 Å². The van der Waals surface area contributed by atoms with Crippen LogP contribution in [0.3, 0.4) is 0 Å². The maximum atomic E-state index is 12.1. The second-order valence-corrected chi connectivity index (χ2v) is 4.11. The molecule has 0 atom stereocenters. The van der Waals surface area contributed by atoms with Gasteiger partial charge in [0.25, 0.3) is 0 Å². The van der Waals surface area contributed by atoms with Crippen LogP contribution in [0.1, 0.15) is 12.0 Å². The Morgan fingerprint density at radius 1 is 1.05 bits per heavy atom. The van der Waals surface area contributed by atoms with Crippen LogP contribution in [-0.4, -0.2) is 12.7 Å². The van der Waals surface area contributed by atoms with E-state index in [1.54, 1.807) is 36.4 Å². The molecule has 0 unspecified atom stereocenters. The van der Waals surface area contributed by atoms with E-state index in [9.17, 15) is 13.2 Å². The number of alkyl halides is 3. The van der Waals surface area contributed by atoms with Crippen molar-refractivity contribution in [1.29, 1.82) is 5.26 Å². The summed E-state index contributed by atoms with van der Waals surface area (Å²) in [4.78, 5) is 0. The minimum absolute atomic E-state index is 0.181. The summed E-state index contributed by atoms with van der Waals surface area (Å²) >= 11 is 0. The van der Waals surface area contributed by atoms with Gasteiger partial charge in [-0.2, -0.15) is 18.4 Å². The molecule has 0 radical (unpaired) electrons. The highest BCUT2D eigenvalue weighted by Gasteiger charge is 2.26. The van der Waals surface area contributed by atoms with Crippen LogP contribution in [0, 0.1) is 11.3 Å². The predicted octanol–water partition coefficient (Wildman–Crippen LogP) is 4.08. The lowest BCUT2D eigenvalue weighted by Gasteiger charge is -2.12. The van der Waals surface area contributed by atoms with Gasteiger partial charge in [-0.1, -0.05) is 24.3 Å². The van der Waals surface area contributed by atoms with E-state index in [-0.39, 0.29) is 6.54 Å². The van der Waals surface area contributed by atoms with E-state index < -0.39 is 12.6 Å². The Balaban J connectivity index is 2.28. The number of benzene rings is 2. The molecule has 5 heteroatoms. The highest BCUT2D eigenvalue weighted by molar-refractivity contribution is 5.97. The zero-order valence-corrected chi connectivity index (χ0v) is 9.96. The van der Waals surface area contributed by atoms with Crippen LogP contribution in [0.25, 0.3) is 10.8 Å². The number of fused-ring (bicyclic) bond motifs is 1. The molecule has 0 spiro atoms. The van der Waals surface area contributed by atoms with Crippen molar-refractivity contribution in [3.63, 3.8) is 0 Å². The smallest absolute Gasteiger partial charge is 0.384 e. The number of nitrogens with zero attached hydrogens (tertiary/aromatic N) is 1. The number of nitriles is 1. The number of hydrogen-bond acceptors (Lipinski definition) is 2. The maximum absolute atomic E-state index is 12.1. The lowest BCUT2D eigenvalue weighted by Crippen LogP contribution is -2.14. The third kappa shape index (κ3) is 3.16. The maximum Gasteiger partial charge on any atom is 0.390 e. The average molecular weight is 264 g/mol. The number of hydrogen-bond donors (Lipinski definition) is 1. The quantitative estimate of drug-likeness (QED) is 0.906. The van der Waals surface area contributed by atoms with Crippen molar-refractivity contribution in [2.45, 2.75) is 12.6 Å². The standard InChI is InChI=1S/C14H11F3N2/c15-14(16,17)7-8-19-13-6-5-10(9-18)11-3-1-2-4-12(11)13/h1-6,19H,7-8H2. The first-order chi connectivity index (χ1) is 9.01. The molecule has 0 aromatic heterocycles. The van der Waals surface area contributed by atoms with Crippen molar-refractivity contribution in [1.82, 2.24) is 0 Å². The molecule has 98 valence electrons. The molecular formula is C14H11F3N2. The van der Waals surface area contributed by atoms with Crippen LogP contribution in [0.15, 0.2) is 36.4 Å². The molecule has 0 fully saturated rings. The Bertz CT molecular complexity index is 627. The summed E-state index contributed by atoms with van der Waals surface area (Å²) in [7, 11) is 0. The molecule has 0 aliphatic rings. The fraction of sp³-hybridized carbons (Fsp3) is 0.214. The van der Waals surface area contributed by atoms with Crippen molar-refractivity contribution in [3.8, 4) is 6.07 Å². The van der Waals surface area contributed by atoms with Crippen molar-refractivity contribution >= 4 is 16.5 Å². The zero-order valence-electron chi connectivity index (χ0n) is 9.96. The Hall–Kier alpha value is -2.22. The molecule has 2 aromatic carbocycles. The first-order valence-corrected chi connectivity index (χ1v) is 5.74. The summed E-state index contributed by atoms with van der Waals surface area (Å²) in [5.41, 5.74) is 1.12. The summed E-state index contributed by atoms with van der Waals surface area (Å²) in [5.74, 6) is 0. The normalized spacial score (nSPS) is 11.3. The van der Waals surface area contributed by atoms with Gasteiger partial charge in [0.05, 0.1) is 18.1 Å². The van der Waals surface area contributed by atoms with Gasteiger partial charge in [-0.05, 0) is 12.1 Å². The lowest BCUT2D eigenvalue weighted by molar-refractivity contribution is -0.131. The molecule has 0 heterocycles. The van der Waals surface area contributed by atoms with Crippen LogP contribution in [0.5, 0.6) is 0 Å². The van der Waals surface area contributed by atoms with Gasteiger partial charge in [0.1, 0.15) is 0 Å². The number of rotatable bonds is 3. The van der Waals surface area contributed by atoms with Crippen LogP contribution < -0.4 is 5.32 Å². The second-order valence-electron chi connectivity index (χ2n) is 4.11. The van der Waals surface area contributed by atoms with E-state index in [0.717, 1.165) is 10.8 Å². The minimum atomic E-state index is -4.17. The van der Waals surface area contributed by atoms with Crippen LogP contribution in [0.4, 0.5) is 18.9 Å². The second kappa shape index (κ2) is 5.19. The molecule has 0 aliphatic heterocycles. The molecule has 2 nitrogen and oxygen atoms in total. The van der Waals surface area contributed by atoms with E-state index >= 15 is 0 Å². The molecular weight excluding hydrogens is 253 g/mol. The third-order valence-electron chi connectivity index (χ3n) is 2.77. The summed E-state index contributed by atoms with van der Waals surface area (Å²) in [6.45, 7) is -0.181. The monoisotopic (exact) mass is 264 g/mol. The molecule has 2 aromatic rings. The highest BCUT2D eigenvalue weighted by atomic mass is 19.4. The fourth-order valence-corrected chi connectivity index (χ4v) is 1.89. The van der Waals surface area contributed by atoms with Gasteiger partial charge in [0.15, 0.2) is 0 Å². The molecule has 0 saturated heterocycles. The van der Waals surface area contributed by atoms with Crippen LogP contribution >= 0.6 is 0 Å². The van der Waals surface area contributed by atoms with Crippen molar-refractivity contribution in [2.75, 3.05) is 11.9 Å². The van der Waals surface area contributed by atoms with Crippen LogP contribution in [0.2, 0.25) is 0 Å². The van der Waals surface area contributed by atoms with Gasteiger partial charge in [-0.15, -0.1) is 0 Å². The van der Waals surface area contributed by atoms with E-state index in [4.69, 9.17) is 5.26 Å². The Morgan fingerprint density at radius 2 is 1.74 bits per heavy atom. The van der Waals surface area contributed by atoms with E-state index in [1.807, 2.05) is 0 Å².